The molecule has 0 aliphatic heterocycles. The summed E-state index contributed by atoms with van der Waals surface area (Å²) in [6.07, 6.45) is 1.80. The number of nitrogens with zero attached hydrogens (tertiary/aromatic N) is 2. The van der Waals surface area contributed by atoms with Crippen LogP contribution in [0, 0.1) is 11.7 Å². The van der Waals surface area contributed by atoms with Gasteiger partial charge in [-0.1, -0.05) is 37.3 Å². The van der Waals surface area contributed by atoms with Crippen LogP contribution in [0.3, 0.4) is 0 Å². The molecule has 0 fully saturated rings. The van der Waals surface area contributed by atoms with E-state index in [4.69, 9.17) is 0 Å². The zero-order valence-electron chi connectivity index (χ0n) is 12.1. The number of nitrogens with one attached hydrogen (secondary N) is 1. The molecule has 1 unspecified atom stereocenters. The number of rotatable bonds is 6. The van der Waals surface area contributed by atoms with Gasteiger partial charge in [-0.05, 0) is 37.0 Å². The Balaban J connectivity index is 1.89. The van der Waals surface area contributed by atoms with Crippen molar-refractivity contribution in [2.24, 2.45) is 5.92 Å². The average Bonchev–Trinajstić information content (AvgIpc) is 2.78. The molecule has 0 radical (unpaired) electrons. The van der Waals surface area contributed by atoms with E-state index in [1.165, 1.54) is 12.1 Å². The average molecular weight is 293 g/mol. The van der Waals surface area contributed by atoms with Crippen LogP contribution >= 0.6 is 11.3 Å². The number of hydrogen-bond donors (Lipinski definition) is 1. The lowest BCUT2D eigenvalue weighted by molar-refractivity contribution is 0.626. The third-order valence-corrected chi connectivity index (χ3v) is 3.75. The topological polar surface area (TPSA) is 37.8 Å². The molecule has 0 aliphatic rings. The fraction of sp³-hybridized carbons (Fsp3) is 0.467. The summed E-state index contributed by atoms with van der Waals surface area (Å²) < 4.78 is 12.8. The highest BCUT2D eigenvalue weighted by atomic mass is 32.1. The van der Waals surface area contributed by atoms with Crippen LogP contribution in [0.5, 0.6) is 0 Å². The van der Waals surface area contributed by atoms with Crippen molar-refractivity contribution in [1.82, 2.24) is 10.2 Å². The van der Waals surface area contributed by atoms with Gasteiger partial charge in [-0.15, -0.1) is 10.2 Å². The van der Waals surface area contributed by atoms with Crippen LogP contribution < -0.4 is 5.32 Å². The minimum atomic E-state index is -0.197. The summed E-state index contributed by atoms with van der Waals surface area (Å²) in [7, 11) is 0. The summed E-state index contributed by atoms with van der Waals surface area (Å²) in [4.78, 5) is 0. The van der Waals surface area contributed by atoms with Gasteiger partial charge >= 0.3 is 0 Å². The van der Waals surface area contributed by atoms with Crippen molar-refractivity contribution in [3.05, 3.63) is 40.7 Å². The molecular formula is C15H20FN3S. The molecule has 0 saturated heterocycles. The van der Waals surface area contributed by atoms with Crippen LogP contribution in [0.4, 0.5) is 9.52 Å². The molecule has 1 aromatic carbocycles. The SMILES string of the molecule is CC(C)Cc1nnc(NC(C)Cc2ccc(F)cc2)s1. The normalized spacial score (nSPS) is 12.7. The molecule has 2 rings (SSSR count). The van der Waals surface area contributed by atoms with Crippen LogP contribution in [-0.2, 0) is 12.8 Å². The maximum absolute atomic E-state index is 12.8. The number of aromatic nitrogens is 2. The quantitative estimate of drug-likeness (QED) is 0.877. The summed E-state index contributed by atoms with van der Waals surface area (Å²) in [5.41, 5.74) is 1.11. The molecule has 0 saturated carbocycles. The van der Waals surface area contributed by atoms with Gasteiger partial charge in [0.15, 0.2) is 0 Å². The van der Waals surface area contributed by atoms with E-state index in [9.17, 15) is 4.39 Å². The Morgan fingerprint density at radius 1 is 1.10 bits per heavy atom. The Bertz CT molecular complexity index is 536. The fourth-order valence-electron chi connectivity index (χ4n) is 1.98. The summed E-state index contributed by atoms with van der Waals surface area (Å²) in [5, 5.41) is 13.6. The molecule has 20 heavy (non-hydrogen) atoms. The summed E-state index contributed by atoms with van der Waals surface area (Å²) in [6.45, 7) is 6.43. The van der Waals surface area contributed by atoms with Crippen molar-refractivity contribution in [2.45, 2.75) is 39.7 Å². The van der Waals surface area contributed by atoms with Gasteiger partial charge in [-0.2, -0.15) is 0 Å². The molecular weight excluding hydrogens is 273 g/mol. The van der Waals surface area contributed by atoms with Crippen LogP contribution in [0.25, 0.3) is 0 Å². The Morgan fingerprint density at radius 2 is 1.80 bits per heavy atom. The number of halogens is 1. The largest absolute Gasteiger partial charge is 0.357 e. The second kappa shape index (κ2) is 6.79. The molecule has 0 spiro atoms. The van der Waals surface area contributed by atoms with E-state index in [0.717, 1.165) is 28.5 Å². The third kappa shape index (κ3) is 4.56. The molecule has 1 N–H and O–H groups in total. The molecule has 1 aromatic heterocycles. The number of benzene rings is 1. The number of hydrogen-bond acceptors (Lipinski definition) is 4. The van der Waals surface area contributed by atoms with Crippen LogP contribution in [0.1, 0.15) is 31.3 Å². The van der Waals surface area contributed by atoms with Crippen molar-refractivity contribution >= 4 is 16.5 Å². The molecule has 3 nitrogen and oxygen atoms in total. The Hall–Kier alpha value is -1.49. The van der Waals surface area contributed by atoms with Crippen molar-refractivity contribution in [1.29, 1.82) is 0 Å². The van der Waals surface area contributed by atoms with E-state index in [0.29, 0.717) is 5.92 Å². The van der Waals surface area contributed by atoms with Gasteiger partial charge in [0.05, 0.1) is 0 Å². The lowest BCUT2D eigenvalue weighted by Gasteiger charge is -2.12. The maximum Gasteiger partial charge on any atom is 0.205 e. The van der Waals surface area contributed by atoms with Gasteiger partial charge in [0, 0.05) is 12.5 Å². The van der Waals surface area contributed by atoms with E-state index in [1.807, 2.05) is 12.1 Å². The molecule has 108 valence electrons. The van der Waals surface area contributed by atoms with Gasteiger partial charge in [0.2, 0.25) is 5.13 Å². The highest BCUT2D eigenvalue weighted by molar-refractivity contribution is 7.15. The van der Waals surface area contributed by atoms with Crippen LogP contribution in [0.2, 0.25) is 0 Å². The standard InChI is InChI=1S/C15H20FN3S/c1-10(2)8-14-18-19-15(20-14)17-11(3)9-12-4-6-13(16)7-5-12/h4-7,10-11H,8-9H2,1-3H3,(H,17,19). The van der Waals surface area contributed by atoms with Gasteiger partial charge in [-0.3, -0.25) is 0 Å². The Labute approximate surface area is 123 Å². The first kappa shape index (κ1) is 14.9. The van der Waals surface area contributed by atoms with Crippen LogP contribution in [0.15, 0.2) is 24.3 Å². The van der Waals surface area contributed by atoms with E-state index in [2.05, 4.69) is 36.3 Å². The van der Waals surface area contributed by atoms with Crippen LogP contribution in [-0.4, -0.2) is 16.2 Å². The smallest absolute Gasteiger partial charge is 0.205 e. The number of anilines is 1. The fourth-order valence-corrected chi connectivity index (χ4v) is 3.04. The molecule has 0 aliphatic carbocycles. The maximum atomic E-state index is 12.8. The van der Waals surface area contributed by atoms with Gasteiger partial charge in [0.1, 0.15) is 10.8 Å². The predicted molar refractivity (Wildman–Crippen MR) is 81.6 cm³/mol. The van der Waals surface area contributed by atoms with Crippen molar-refractivity contribution < 1.29 is 4.39 Å². The van der Waals surface area contributed by atoms with Gasteiger partial charge in [-0.25, -0.2) is 4.39 Å². The zero-order chi connectivity index (χ0) is 14.5. The highest BCUT2D eigenvalue weighted by Crippen LogP contribution is 2.19. The second-order valence-corrected chi connectivity index (χ2v) is 6.54. The first-order chi connectivity index (χ1) is 9.52. The van der Waals surface area contributed by atoms with E-state index >= 15 is 0 Å². The van der Waals surface area contributed by atoms with E-state index < -0.39 is 0 Å². The molecule has 0 bridgehead atoms. The van der Waals surface area contributed by atoms with E-state index in [1.54, 1.807) is 11.3 Å². The van der Waals surface area contributed by atoms with Crippen molar-refractivity contribution in [2.75, 3.05) is 5.32 Å². The lowest BCUT2D eigenvalue weighted by atomic mass is 10.1. The first-order valence-corrected chi connectivity index (χ1v) is 7.68. The molecule has 0 amide bonds. The first-order valence-electron chi connectivity index (χ1n) is 6.86. The van der Waals surface area contributed by atoms with Gasteiger partial charge < -0.3 is 5.32 Å². The van der Waals surface area contributed by atoms with Crippen molar-refractivity contribution in [3.8, 4) is 0 Å². The molecule has 1 heterocycles. The minimum Gasteiger partial charge on any atom is -0.357 e. The Morgan fingerprint density at radius 3 is 2.45 bits per heavy atom. The minimum absolute atomic E-state index is 0.197. The summed E-state index contributed by atoms with van der Waals surface area (Å²) >= 11 is 1.61. The predicted octanol–water partition coefficient (Wildman–Crippen LogP) is 3.92. The summed E-state index contributed by atoms with van der Waals surface area (Å²) in [6, 6.07) is 6.86. The van der Waals surface area contributed by atoms with Gasteiger partial charge in [0.25, 0.3) is 0 Å². The monoisotopic (exact) mass is 293 g/mol. The lowest BCUT2D eigenvalue weighted by Crippen LogP contribution is -2.17. The molecule has 2 aromatic rings. The second-order valence-electron chi connectivity index (χ2n) is 5.47. The zero-order valence-corrected chi connectivity index (χ0v) is 12.9. The highest BCUT2D eigenvalue weighted by Gasteiger charge is 2.09. The third-order valence-electron chi connectivity index (χ3n) is 2.87. The van der Waals surface area contributed by atoms with Crippen molar-refractivity contribution in [3.63, 3.8) is 0 Å². The molecule has 5 heteroatoms. The molecule has 1 atom stereocenters. The Kier molecular flexibility index (Phi) is 5.06. The summed E-state index contributed by atoms with van der Waals surface area (Å²) in [5.74, 6) is 0.393. The van der Waals surface area contributed by atoms with E-state index in [-0.39, 0.29) is 11.9 Å².